The summed E-state index contributed by atoms with van der Waals surface area (Å²) in [5.74, 6) is -0.658. The molecule has 27 heavy (non-hydrogen) atoms. The highest BCUT2D eigenvalue weighted by molar-refractivity contribution is 6.05. The summed E-state index contributed by atoms with van der Waals surface area (Å²) in [5, 5.41) is 9.69. The molecular weight excluding hydrogens is 346 g/mol. The summed E-state index contributed by atoms with van der Waals surface area (Å²) >= 11 is 0. The van der Waals surface area contributed by atoms with Gasteiger partial charge >= 0.3 is 6.03 Å². The van der Waals surface area contributed by atoms with Gasteiger partial charge in [0.25, 0.3) is 5.91 Å². The second kappa shape index (κ2) is 8.03. The third-order valence-electron chi connectivity index (χ3n) is 4.43. The summed E-state index contributed by atoms with van der Waals surface area (Å²) in [5.41, 5.74) is 2.81. The molecule has 0 saturated carbocycles. The van der Waals surface area contributed by atoms with Gasteiger partial charge < -0.3 is 10.6 Å². The Labute approximate surface area is 157 Å². The van der Waals surface area contributed by atoms with E-state index in [1.807, 2.05) is 54.9 Å². The van der Waals surface area contributed by atoms with Gasteiger partial charge in [0.15, 0.2) is 0 Å². The molecule has 1 unspecified atom stereocenters. The lowest BCUT2D eigenvalue weighted by molar-refractivity contribution is -0.131. The lowest BCUT2D eigenvalue weighted by Gasteiger charge is -2.13. The molecule has 1 atom stereocenters. The van der Waals surface area contributed by atoms with Crippen LogP contribution >= 0.6 is 0 Å². The molecule has 0 radical (unpaired) electrons. The van der Waals surface area contributed by atoms with E-state index >= 15 is 0 Å². The zero-order valence-corrected chi connectivity index (χ0v) is 15.4. The number of rotatable bonds is 7. The quantitative estimate of drug-likeness (QED) is 0.715. The van der Waals surface area contributed by atoms with E-state index in [2.05, 4.69) is 15.7 Å². The summed E-state index contributed by atoms with van der Waals surface area (Å²) in [6.45, 7) is 5.02. The first-order valence-electron chi connectivity index (χ1n) is 8.87. The second-order valence-corrected chi connectivity index (χ2v) is 6.62. The first-order chi connectivity index (χ1) is 12.9. The Bertz CT molecular complexity index is 846. The highest BCUT2D eigenvalue weighted by atomic mass is 16.2. The molecule has 0 bridgehead atoms. The summed E-state index contributed by atoms with van der Waals surface area (Å²) < 4.78 is 1.82. The number of carbonyl (C=O) groups excluding carboxylic acids is 3. The number of imide groups is 1. The number of aryl methyl sites for hydroxylation is 2. The van der Waals surface area contributed by atoms with Crippen molar-refractivity contribution in [1.82, 2.24) is 25.3 Å². The number of hydrogen-bond acceptors (Lipinski definition) is 4. The van der Waals surface area contributed by atoms with Crippen molar-refractivity contribution in [1.29, 1.82) is 0 Å². The van der Waals surface area contributed by atoms with Crippen molar-refractivity contribution in [2.75, 3.05) is 6.54 Å². The zero-order chi connectivity index (χ0) is 19.4. The van der Waals surface area contributed by atoms with Gasteiger partial charge in [0.2, 0.25) is 5.91 Å². The number of benzene rings is 1. The minimum atomic E-state index is -0.824. The van der Waals surface area contributed by atoms with Crippen molar-refractivity contribution >= 4 is 17.8 Å². The zero-order valence-electron chi connectivity index (χ0n) is 15.4. The predicted octanol–water partition coefficient (Wildman–Crippen LogP) is 1.13. The van der Waals surface area contributed by atoms with Crippen LogP contribution in [0.2, 0.25) is 0 Å². The molecule has 2 heterocycles. The maximum atomic E-state index is 12.4. The van der Waals surface area contributed by atoms with E-state index in [4.69, 9.17) is 0 Å². The number of urea groups is 1. The topological polar surface area (TPSA) is 96.3 Å². The molecule has 1 aliphatic rings. The highest BCUT2D eigenvalue weighted by Gasteiger charge is 2.38. The van der Waals surface area contributed by atoms with E-state index in [1.54, 1.807) is 0 Å². The van der Waals surface area contributed by atoms with Gasteiger partial charge in [-0.05, 0) is 25.5 Å². The SMILES string of the molecule is Cc1cc(C)n(CCNC(=O)CC2NC(=O)N(Cc3ccccc3)C2=O)n1. The lowest BCUT2D eigenvalue weighted by atomic mass is 10.1. The first kappa shape index (κ1) is 18.6. The largest absolute Gasteiger partial charge is 0.354 e. The van der Waals surface area contributed by atoms with Crippen LogP contribution in [-0.4, -0.2) is 45.1 Å². The van der Waals surface area contributed by atoms with Crippen LogP contribution in [-0.2, 0) is 22.7 Å². The minimum Gasteiger partial charge on any atom is -0.354 e. The molecule has 4 amide bonds. The molecule has 0 spiro atoms. The van der Waals surface area contributed by atoms with Gasteiger partial charge in [-0.15, -0.1) is 0 Å². The smallest absolute Gasteiger partial charge is 0.325 e. The van der Waals surface area contributed by atoms with E-state index in [9.17, 15) is 14.4 Å². The Morgan fingerprint density at radius 2 is 1.96 bits per heavy atom. The predicted molar refractivity (Wildman–Crippen MR) is 98.6 cm³/mol. The fourth-order valence-electron chi connectivity index (χ4n) is 3.09. The Balaban J connectivity index is 1.48. The molecule has 3 rings (SSSR count). The summed E-state index contributed by atoms with van der Waals surface area (Å²) in [6, 6.07) is 9.94. The average molecular weight is 369 g/mol. The molecule has 1 aromatic carbocycles. The van der Waals surface area contributed by atoms with Gasteiger partial charge in [0.05, 0.1) is 25.2 Å². The van der Waals surface area contributed by atoms with Crippen LogP contribution in [0.25, 0.3) is 0 Å². The molecule has 142 valence electrons. The maximum Gasteiger partial charge on any atom is 0.325 e. The van der Waals surface area contributed by atoms with Gasteiger partial charge in [0, 0.05) is 12.2 Å². The van der Waals surface area contributed by atoms with Crippen molar-refractivity contribution in [3.63, 3.8) is 0 Å². The van der Waals surface area contributed by atoms with Gasteiger partial charge in [0.1, 0.15) is 6.04 Å². The molecule has 8 nitrogen and oxygen atoms in total. The Kier molecular flexibility index (Phi) is 5.54. The summed E-state index contributed by atoms with van der Waals surface area (Å²) in [4.78, 5) is 37.8. The van der Waals surface area contributed by atoms with Crippen molar-refractivity contribution in [3.8, 4) is 0 Å². The monoisotopic (exact) mass is 369 g/mol. The Morgan fingerprint density at radius 3 is 2.63 bits per heavy atom. The molecule has 1 fully saturated rings. The number of nitrogens with zero attached hydrogens (tertiary/aromatic N) is 3. The van der Waals surface area contributed by atoms with Gasteiger partial charge in [-0.1, -0.05) is 30.3 Å². The maximum absolute atomic E-state index is 12.4. The third-order valence-corrected chi connectivity index (χ3v) is 4.43. The van der Waals surface area contributed by atoms with Crippen molar-refractivity contribution in [2.45, 2.75) is 39.4 Å². The second-order valence-electron chi connectivity index (χ2n) is 6.62. The lowest BCUT2D eigenvalue weighted by Crippen LogP contribution is -2.37. The van der Waals surface area contributed by atoms with E-state index in [0.717, 1.165) is 21.9 Å². The summed E-state index contributed by atoms with van der Waals surface area (Å²) in [7, 11) is 0. The highest BCUT2D eigenvalue weighted by Crippen LogP contribution is 2.14. The molecular formula is C19H23N5O3. The fraction of sp³-hybridized carbons (Fsp3) is 0.368. The number of aromatic nitrogens is 2. The number of nitrogens with one attached hydrogen (secondary N) is 2. The molecule has 2 aromatic rings. The van der Waals surface area contributed by atoms with Crippen LogP contribution < -0.4 is 10.6 Å². The number of hydrogen-bond donors (Lipinski definition) is 2. The third kappa shape index (κ3) is 4.52. The van der Waals surface area contributed by atoms with Crippen molar-refractivity contribution in [3.05, 3.63) is 53.3 Å². The molecule has 8 heteroatoms. The first-order valence-corrected chi connectivity index (χ1v) is 8.87. The van der Waals surface area contributed by atoms with Crippen LogP contribution in [0.1, 0.15) is 23.4 Å². The van der Waals surface area contributed by atoms with E-state index in [0.29, 0.717) is 13.1 Å². The van der Waals surface area contributed by atoms with Crippen molar-refractivity contribution < 1.29 is 14.4 Å². The Hall–Kier alpha value is -3.16. The Morgan fingerprint density at radius 1 is 1.22 bits per heavy atom. The van der Waals surface area contributed by atoms with Gasteiger partial charge in [-0.3, -0.25) is 19.2 Å². The van der Waals surface area contributed by atoms with E-state index < -0.39 is 12.1 Å². The molecule has 1 aliphatic heterocycles. The standard InChI is InChI=1S/C19H23N5O3/c1-13-10-14(2)24(22-13)9-8-20-17(25)11-16-18(26)23(19(27)21-16)12-15-6-4-3-5-7-15/h3-7,10,16H,8-9,11-12H2,1-2H3,(H,20,25)(H,21,27). The van der Waals surface area contributed by atoms with E-state index in [-0.39, 0.29) is 24.8 Å². The van der Waals surface area contributed by atoms with Gasteiger partial charge in [-0.2, -0.15) is 5.10 Å². The molecule has 1 aromatic heterocycles. The minimum absolute atomic E-state index is 0.0764. The van der Waals surface area contributed by atoms with Crippen molar-refractivity contribution in [2.24, 2.45) is 0 Å². The summed E-state index contributed by atoms with van der Waals surface area (Å²) in [6.07, 6.45) is -0.0764. The molecule has 1 saturated heterocycles. The number of amides is 4. The van der Waals surface area contributed by atoms with Crippen LogP contribution in [0.3, 0.4) is 0 Å². The number of carbonyl (C=O) groups is 3. The molecule has 0 aliphatic carbocycles. The fourth-order valence-corrected chi connectivity index (χ4v) is 3.09. The normalized spacial score (nSPS) is 16.5. The van der Waals surface area contributed by atoms with E-state index in [1.165, 1.54) is 0 Å². The molecule has 2 N–H and O–H groups in total. The van der Waals surface area contributed by atoms with Crippen LogP contribution in [0.4, 0.5) is 4.79 Å². The van der Waals surface area contributed by atoms with Crippen LogP contribution in [0, 0.1) is 13.8 Å². The van der Waals surface area contributed by atoms with Crippen LogP contribution in [0.15, 0.2) is 36.4 Å². The van der Waals surface area contributed by atoms with Crippen LogP contribution in [0.5, 0.6) is 0 Å². The van der Waals surface area contributed by atoms with Gasteiger partial charge in [-0.25, -0.2) is 4.79 Å². The average Bonchev–Trinajstić information content (AvgIpc) is 3.08.